The van der Waals surface area contributed by atoms with Crippen molar-refractivity contribution in [1.82, 2.24) is 9.55 Å². The maximum atomic E-state index is 13.0. The van der Waals surface area contributed by atoms with Crippen molar-refractivity contribution < 1.29 is 14.3 Å². The number of ether oxygens (including phenoxy) is 1. The Balaban J connectivity index is 1.98. The minimum atomic E-state index is -0.489. The number of thioether (sulfide) groups is 1. The fourth-order valence-corrected chi connectivity index (χ4v) is 3.83. The highest BCUT2D eigenvalue weighted by atomic mass is 32.2. The van der Waals surface area contributed by atoms with Gasteiger partial charge >= 0.3 is 5.97 Å². The molecule has 0 aliphatic rings. The molecular weight excluding hydrogens is 388 g/mol. The van der Waals surface area contributed by atoms with E-state index in [4.69, 9.17) is 4.74 Å². The minimum Gasteiger partial charge on any atom is -0.465 e. The van der Waals surface area contributed by atoms with Gasteiger partial charge in [0.05, 0.1) is 29.3 Å². The zero-order valence-corrected chi connectivity index (χ0v) is 17.2. The molecule has 150 valence electrons. The van der Waals surface area contributed by atoms with Crippen LogP contribution in [0, 0.1) is 0 Å². The van der Waals surface area contributed by atoms with Crippen molar-refractivity contribution in [2.24, 2.45) is 0 Å². The van der Waals surface area contributed by atoms with E-state index in [1.165, 1.54) is 18.9 Å². The predicted octanol–water partition coefficient (Wildman–Crippen LogP) is 3.96. The number of unbranched alkanes of at least 4 members (excludes halogenated alkanes) is 1. The Kier molecular flexibility index (Phi) is 6.82. The molecule has 0 atom stereocenters. The standard InChI is InChI=1S/C22H22N2O4S/c1-3-4-12-24-20(26)17-11-10-16(21(27)28-2)13-18(17)23-22(24)29-14-19(25)15-8-6-5-7-9-15/h5-11,13H,3-4,12,14H2,1-2H3. The molecule has 2 aromatic carbocycles. The van der Waals surface area contributed by atoms with E-state index in [9.17, 15) is 14.4 Å². The van der Waals surface area contributed by atoms with Gasteiger partial charge in [0.25, 0.3) is 5.56 Å². The molecule has 0 spiro atoms. The summed E-state index contributed by atoms with van der Waals surface area (Å²) in [6.07, 6.45) is 1.76. The number of aromatic nitrogens is 2. The van der Waals surface area contributed by atoms with Crippen molar-refractivity contribution in [1.29, 1.82) is 0 Å². The van der Waals surface area contributed by atoms with Crippen LogP contribution < -0.4 is 5.56 Å². The van der Waals surface area contributed by atoms with Crippen molar-refractivity contribution >= 4 is 34.4 Å². The first-order chi connectivity index (χ1) is 14.0. The lowest BCUT2D eigenvalue weighted by Gasteiger charge is -2.13. The number of Topliss-reactive ketones (excluding diaryl/α,β-unsaturated/α-hetero) is 1. The van der Waals surface area contributed by atoms with Gasteiger partial charge in [0.2, 0.25) is 0 Å². The Bertz CT molecular complexity index is 1090. The molecule has 7 heteroatoms. The highest BCUT2D eigenvalue weighted by Crippen LogP contribution is 2.21. The molecule has 3 aromatic rings. The van der Waals surface area contributed by atoms with Gasteiger partial charge in [-0.05, 0) is 24.6 Å². The first kappa shape index (κ1) is 20.8. The summed E-state index contributed by atoms with van der Waals surface area (Å²) < 4.78 is 6.37. The molecule has 1 heterocycles. The zero-order chi connectivity index (χ0) is 20.8. The number of benzene rings is 2. The van der Waals surface area contributed by atoms with Gasteiger partial charge in [-0.1, -0.05) is 55.4 Å². The number of nitrogens with zero attached hydrogens (tertiary/aromatic N) is 2. The summed E-state index contributed by atoms with van der Waals surface area (Å²) in [6, 6.07) is 13.7. The lowest BCUT2D eigenvalue weighted by atomic mass is 10.1. The Labute approximate surface area is 172 Å². The molecule has 0 saturated heterocycles. The number of ketones is 1. The summed E-state index contributed by atoms with van der Waals surface area (Å²) in [7, 11) is 1.30. The van der Waals surface area contributed by atoms with Gasteiger partial charge in [-0.2, -0.15) is 0 Å². The lowest BCUT2D eigenvalue weighted by molar-refractivity contribution is 0.0600. The highest BCUT2D eigenvalue weighted by molar-refractivity contribution is 7.99. The SMILES string of the molecule is CCCCn1c(SCC(=O)c2ccccc2)nc2cc(C(=O)OC)ccc2c1=O. The number of hydrogen-bond donors (Lipinski definition) is 0. The van der Waals surface area contributed by atoms with Gasteiger partial charge in [-0.3, -0.25) is 14.2 Å². The van der Waals surface area contributed by atoms with Crippen molar-refractivity contribution in [3.05, 3.63) is 70.0 Å². The number of fused-ring (bicyclic) bond motifs is 1. The highest BCUT2D eigenvalue weighted by Gasteiger charge is 2.16. The van der Waals surface area contributed by atoms with Gasteiger partial charge in [0.1, 0.15) is 0 Å². The quantitative estimate of drug-likeness (QED) is 0.242. The van der Waals surface area contributed by atoms with Crippen LogP contribution in [0.4, 0.5) is 0 Å². The first-order valence-corrected chi connectivity index (χ1v) is 10.4. The molecule has 0 radical (unpaired) electrons. The van der Waals surface area contributed by atoms with Crippen LogP contribution in [0.5, 0.6) is 0 Å². The maximum absolute atomic E-state index is 13.0. The lowest BCUT2D eigenvalue weighted by Crippen LogP contribution is -2.24. The molecule has 0 amide bonds. The Morgan fingerprint density at radius 2 is 1.86 bits per heavy atom. The number of carbonyl (C=O) groups excluding carboxylic acids is 2. The van der Waals surface area contributed by atoms with Crippen LogP contribution in [-0.4, -0.2) is 34.2 Å². The van der Waals surface area contributed by atoms with Crippen LogP contribution in [0.25, 0.3) is 10.9 Å². The van der Waals surface area contributed by atoms with Crippen LogP contribution in [-0.2, 0) is 11.3 Å². The fraction of sp³-hybridized carbons (Fsp3) is 0.273. The monoisotopic (exact) mass is 410 g/mol. The molecule has 0 bridgehead atoms. The molecule has 1 aromatic heterocycles. The molecule has 3 rings (SSSR count). The summed E-state index contributed by atoms with van der Waals surface area (Å²) >= 11 is 1.24. The number of methoxy groups -OCH3 is 1. The summed E-state index contributed by atoms with van der Waals surface area (Å²) in [5.41, 5.74) is 1.19. The van der Waals surface area contributed by atoms with Gasteiger partial charge in [0, 0.05) is 12.1 Å². The second kappa shape index (κ2) is 9.52. The summed E-state index contributed by atoms with van der Waals surface area (Å²) in [5.74, 6) is -0.349. The number of esters is 1. The maximum Gasteiger partial charge on any atom is 0.337 e. The van der Waals surface area contributed by atoms with Crippen LogP contribution in [0.2, 0.25) is 0 Å². The molecule has 0 unspecified atom stereocenters. The molecule has 6 nitrogen and oxygen atoms in total. The van der Waals surface area contributed by atoms with E-state index in [0.29, 0.717) is 33.7 Å². The van der Waals surface area contributed by atoms with Crippen LogP contribution in [0.3, 0.4) is 0 Å². The Hall–Kier alpha value is -2.93. The average molecular weight is 410 g/mol. The van der Waals surface area contributed by atoms with Crippen LogP contribution >= 0.6 is 11.8 Å². The van der Waals surface area contributed by atoms with Gasteiger partial charge in [-0.25, -0.2) is 9.78 Å². The zero-order valence-electron chi connectivity index (χ0n) is 16.4. The van der Waals surface area contributed by atoms with Gasteiger partial charge < -0.3 is 4.74 Å². The second-order valence-corrected chi connectivity index (χ2v) is 7.45. The predicted molar refractivity (Wildman–Crippen MR) is 114 cm³/mol. The van der Waals surface area contributed by atoms with E-state index in [1.54, 1.807) is 34.9 Å². The second-order valence-electron chi connectivity index (χ2n) is 6.51. The third-order valence-electron chi connectivity index (χ3n) is 4.50. The summed E-state index contributed by atoms with van der Waals surface area (Å²) in [4.78, 5) is 41.9. The van der Waals surface area contributed by atoms with E-state index in [1.807, 2.05) is 25.1 Å². The topological polar surface area (TPSA) is 78.3 Å². The number of carbonyl (C=O) groups is 2. The Morgan fingerprint density at radius 3 is 2.55 bits per heavy atom. The molecule has 0 aliphatic carbocycles. The van der Waals surface area contributed by atoms with E-state index < -0.39 is 5.97 Å². The Morgan fingerprint density at radius 1 is 1.10 bits per heavy atom. The molecule has 0 fully saturated rings. The van der Waals surface area contributed by atoms with Crippen molar-refractivity contribution in [3.63, 3.8) is 0 Å². The van der Waals surface area contributed by atoms with Crippen molar-refractivity contribution in [2.75, 3.05) is 12.9 Å². The van der Waals surface area contributed by atoms with Crippen molar-refractivity contribution in [3.8, 4) is 0 Å². The molecule has 29 heavy (non-hydrogen) atoms. The van der Waals surface area contributed by atoms with E-state index in [0.717, 1.165) is 12.8 Å². The molecular formula is C22H22N2O4S. The third kappa shape index (κ3) is 4.74. The summed E-state index contributed by atoms with van der Waals surface area (Å²) in [5, 5.41) is 0.912. The number of rotatable bonds is 8. The third-order valence-corrected chi connectivity index (χ3v) is 5.48. The minimum absolute atomic E-state index is 0.0321. The average Bonchev–Trinajstić information content (AvgIpc) is 2.76. The summed E-state index contributed by atoms with van der Waals surface area (Å²) in [6.45, 7) is 2.58. The fourth-order valence-electron chi connectivity index (χ4n) is 2.91. The van der Waals surface area contributed by atoms with E-state index in [-0.39, 0.29) is 17.1 Å². The largest absolute Gasteiger partial charge is 0.465 e. The van der Waals surface area contributed by atoms with E-state index >= 15 is 0 Å². The van der Waals surface area contributed by atoms with Gasteiger partial charge in [-0.15, -0.1) is 0 Å². The normalized spacial score (nSPS) is 10.8. The van der Waals surface area contributed by atoms with Crippen molar-refractivity contribution in [2.45, 2.75) is 31.5 Å². The molecule has 0 aliphatic heterocycles. The van der Waals surface area contributed by atoms with Crippen LogP contribution in [0.1, 0.15) is 40.5 Å². The first-order valence-electron chi connectivity index (χ1n) is 9.39. The van der Waals surface area contributed by atoms with Gasteiger partial charge in [0.15, 0.2) is 10.9 Å². The van der Waals surface area contributed by atoms with Crippen LogP contribution in [0.15, 0.2) is 58.5 Å². The smallest absolute Gasteiger partial charge is 0.337 e. The van der Waals surface area contributed by atoms with E-state index in [2.05, 4.69) is 4.98 Å². The number of hydrogen-bond acceptors (Lipinski definition) is 6. The molecule has 0 N–H and O–H groups in total. The molecule has 0 saturated carbocycles.